The highest BCUT2D eigenvalue weighted by atomic mass is 16.6. The Hall–Kier alpha value is -3.77. The van der Waals surface area contributed by atoms with E-state index in [1.54, 1.807) is 26.8 Å². The molecule has 0 unspecified atom stereocenters. The predicted molar refractivity (Wildman–Crippen MR) is 112 cm³/mol. The summed E-state index contributed by atoms with van der Waals surface area (Å²) in [6.45, 7) is 5.57. The number of allylic oxidation sites excluding steroid dienone is 1. The summed E-state index contributed by atoms with van der Waals surface area (Å²) in [7, 11) is 0. The number of nitrogens with one attached hydrogen (secondary N) is 1. The van der Waals surface area contributed by atoms with Crippen LogP contribution < -0.4 is 10.1 Å². The molecule has 6 nitrogen and oxygen atoms in total. The molecule has 1 aliphatic heterocycles. The topological polar surface area (TPSA) is 95.1 Å². The molecular formula is C24H23N3O3. The molecule has 1 aliphatic rings. The molecule has 6 heteroatoms. The first-order valence-corrected chi connectivity index (χ1v) is 9.65. The van der Waals surface area contributed by atoms with Crippen LogP contribution in [0.15, 0.2) is 60.2 Å². The van der Waals surface area contributed by atoms with Gasteiger partial charge >= 0.3 is 6.09 Å². The molecule has 2 aromatic carbocycles. The number of fused-ring (bicyclic) bond motifs is 1. The molecule has 1 heterocycles. The highest BCUT2D eigenvalue weighted by molar-refractivity contribution is 5.82. The summed E-state index contributed by atoms with van der Waals surface area (Å²) >= 11 is 0. The zero-order chi connectivity index (χ0) is 21.7. The number of nitriles is 2. The predicted octanol–water partition coefficient (Wildman–Crippen LogP) is 4.76. The fourth-order valence-corrected chi connectivity index (χ4v) is 3.52. The van der Waals surface area contributed by atoms with Crippen LogP contribution in [0.5, 0.6) is 5.75 Å². The van der Waals surface area contributed by atoms with Gasteiger partial charge in [0.25, 0.3) is 0 Å². The number of amides is 1. The van der Waals surface area contributed by atoms with Crippen molar-refractivity contribution >= 4 is 11.7 Å². The molecule has 1 N–H and O–H groups in total. The minimum Gasteiger partial charge on any atom is -0.492 e. The fourth-order valence-electron chi connectivity index (χ4n) is 3.52. The maximum atomic E-state index is 12.6. The van der Waals surface area contributed by atoms with Crippen LogP contribution >= 0.6 is 0 Å². The van der Waals surface area contributed by atoms with Crippen LogP contribution in [0.2, 0.25) is 0 Å². The third-order valence-corrected chi connectivity index (χ3v) is 4.69. The van der Waals surface area contributed by atoms with Gasteiger partial charge in [-0.15, -0.1) is 0 Å². The van der Waals surface area contributed by atoms with Gasteiger partial charge in [0.2, 0.25) is 0 Å². The van der Waals surface area contributed by atoms with Crippen molar-refractivity contribution in [2.24, 2.45) is 5.92 Å². The van der Waals surface area contributed by atoms with Crippen LogP contribution in [0.3, 0.4) is 0 Å². The SMILES string of the molecule is CC(C)(C)OC(=O)N[C@@H](c1ccccc1)[C@H]1COc2ccccc2C1=C(C#N)C#N. The zero-order valence-corrected chi connectivity index (χ0v) is 17.2. The minimum atomic E-state index is -0.663. The number of rotatable bonds is 3. The largest absolute Gasteiger partial charge is 0.492 e. The molecule has 2 aromatic rings. The van der Waals surface area contributed by atoms with E-state index < -0.39 is 23.7 Å². The Balaban J connectivity index is 2.10. The lowest BCUT2D eigenvalue weighted by molar-refractivity contribution is 0.0484. The van der Waals surface area contributed by atoms with Crippen molar-refractivity contribution in [2.75, 3.05) is 6.61 Å². The van der Waals surface area contributed by atoms with Crippen molar-refractivity contribution in [3.8, 4) is 17.9 Å². The first-order chi connectivity index (χ1) is 14.3. The van der Waals surface area contributed by atoms with Crippen molar-refractivity contribution in [3.63, 3.8) is 0 Å². The molecule has 0 saturated heterocycles. The Bertz CT molecular complexity index is 1020. The lowest BCUT2D eigenvalue weighted by Gasteiger charge is -2.35. The lowest BCUT2D eigenvalue weighted by atomic mass is 9.80. The summed E-state index contributed by atoms with van der Waals surface area (Å²) in [6, 6.07) is 20.2. The first kappa shape index (κ1) is 21.0. The van der Waals surface area contributed by atoms with Crippen molar-refractivity contribution in [2.45, 2.75) is 32.4 Å². The van der Waals surface area contributed by atoms with E-state index in [-0.39, 0.29) is 12.2 Å². The Morgan fingerprint density at radius 3 is 2.37 bits per heavy atom. The molecule has 0 bridgehead atoms. The first-order valence-electron chi connectivity index (χ1n) is 9.65. The molecule has 2 atom stereocenters. The zero-order valence-electron chi connectivity index (χ0n) is 17.2. The van der Waals surface area contributed by atoms with E-state index in [0.29, 0.717) is 16.9 Å². The summed E-state index contributed by atoms with van der Waals surface area (Å²) in [5.74, 6) is 0.153. The van der Waals surface area contributed by atoms with Crippen LogP contribution in [0.1, 0.15) is 37.9 Å². The molecule has 0 spiro atoms. The fraction of sp³-hybridized carbons (Fsp3) is 0.292. The van der Waals surface area contributed by atoms with Gasteiger partial charge in [-0.05, 0) is 32.4 Å². The average molecular weight is 401 g/mol. The van der Waals surface area contributed by atoms with Crippen molar-refractivity contribution < 1.29 is 14.3 Å². The number of carbonyl (C=O) groups excluding carboxylic acids is 1. The number of carbonyl (C=O) groups is 1. The van der Waals surface area contributed by atoms with Gasteiger partial charge in [-0.25, -0.2) is 4.79 Å². The maximum Gasteiger partial charge on any atom is 0.408 e. The summed E-state index contributed by atoms with van der Waals surface area (Å²) in [5, 5.41) is 22.2. The second kappa shape index (κ2) is 8.71. The van der Waals surface area contributed by atoms with E-state index >= 15 is 0 Å². The number of alkyl carbamates (subject to hydrolysis) is 1. The van der Waals surface area contributed by atoms with Gasteiger partial charge in [-0.2, -0.15) is 10.5 Å². The Morgan fingerprint density at radius 1 is 1.10 bits per heavy atom. The summed E-state index contributed by atoms with van der Waals surface area (Å²) in [4.78, 5) is 12.6. The average Bonchev–Trinajstić information content (AvgIpc) is 2.72. The standard InChI is InChI=1S/C24H23N3O3/c1-24(2,3)30-23(28)27-22(16-9-5-4-6-10-16)19-15-29-20-12-8-7-11-18(20)21(19)17(13-25)14-26/h4-12,19,22H,15H2,1-3H3,(H,27,28)/t19-,22-/m0/s1. The monoisotopic (exact) mass is 401 g/mol. The quantitative estimate of drug-likeness (QED) is 0.748. The highest BCUT2D eigenvalue weighted by Crippen LogP contribution is 2.43. The maximum absolute atomic E-state index is 12.6. The third-order valence-electron chi connectivity index (χ3n) is 4.69. The van der Waals surface area contributed by atoms with Gasteiger partial charge in [0.05, 0.1) is 12.6 Å². The van der Waals surface area contributed by atoms with E-state index in [4.69, 9.17) is 9.47 Å². The number of hydrogen-bond acceptors (Lipinski definition) is 5. The van der Waals surface area contributed by atoms with Gasteiger partial charge in [-0.1, -0.05) is 48.5 Å². The summed E-state index contributed by atoms with van der Waals surface area (Å²) < 4.78 is 11.4. The van der Waals surface area contributed by atoms with Gasteiger partial charge in [-0.3, -0.25) is 0 Å². The van der Waals surface area contributed by atoms with E-state index in [2.05, 4.69) is 5.32 Å². The smallest absolute Gasteiger partial charge is 0.408 e. The Labute approximate surface area is 176 Å². The van der Waals surface area contributed by atoms with Crippen molar-refractivity contribution in [1.29, 1.82) is 10.5 Å². The molecule has 0 saturated carbocycles. The molecular weight excluding hydrogens is 378 g/mol. The molecule has 0 fully saturated rings. The Kier molecular flexibility index (Phi) is 6.09. The van der Waals surface area contributed by atoms with Crippen LogP contribution in [-0.2, 0) is 4.74 Å². The molecule has 3 rings (SSSR count). The molecule has 0 aromatic heterocycles. The second-order valence-corrected chi connectivity index (χ2v) is 7.96. The van der Waals surface area contributed by atoms with E-state index in [1.165, 1.54) is 0 Å². The normalized spacial score (nSPS) is 16.2. The number of para-hydroxylation sites is 1. The minimum absolute atomic E-state index is 0.00247. The second-order valence-electron chi connectivity index (χ2n) is 7.96. The van der Waals surface area contributed by atoms with E-state index in [0.717, 1.165) is 5.56 Å². The van der Waals surface area contributed by atoms with Crippen LogP contribution in [0.4, 0.5) is 4.79 Å². The molecule has 152 valence electrons. The van der Waals surface area contributed by atoms with Crippen LogP contribution in [0.25, 0.3) is 5.57 Å². The molecule has 0 aliphatic carbocycles. The molecule has 1 amide bonds. The van der Waals surface area contributed by atoms with Crippen LogP contribution in [-0.4, -0.2) is 18.3 Å². The highest BCUT2D eigenvalue weighted by Gasteiger charge is 2.36. The van der Waals surface area contributed by atoms with Gasteiger partial charge < -0.3 is 14.8 Å². The van der Waals surface area contributed by atoms with E-state index in [9.17, 15) is 15.3 Å². The summed E-state index contributed by atoms with van der Waals surface area (Å²) in [6.07, 6.45) is -0.579. The number of hydrogen-bond donors (Lipinski definition) is 1. The number of ether oxygens (including phenoxy) is 2. The van der Waals surface area contributed by atoms with Crippen molar-refractivity contribution in [1.82, 2.24) is 5.32 Å². The number of benzene rings is 2. The van der Waals surface area contributed by atoms with Gasteiger partial charge in [0.15, 0.2) is 0 Å². The lowest BCUT2D eigenvalue weighted by Crippen LogP contribution is -2.40. The molecule has 30 heavy (non-hydrogen) atoms. The van der Waals surface area contributed by atoms with Crippen LogP contribution in [0, 0.1) is 28.6 Å². The van der Waals surface area contributed by atoms with Crippen molar-refractivity contribution in [3.05, 3.63) is 71.3 Å². The molecule has 0 radical (unpaired) electrons. The van der Waals surface area contributed by atoms with E-state index in [1.807, 2.05) is 60.7 Å². The van der Waals surface area contributed by atoms with Gasteiger partial charge in [0.1, 0.15) is 29.1 Å². The third kappa shape index (κ3) is 4.61. The Morgan fingerprint density at radius 2 is 1.73 bits per heavy atom. The number of nitrogens with zero attached hydrogens (tertiary/aromatic N) is 2. The summed E-state index contributed by atoms with van der Waals surface area (Å²) in [5.41, 5.74) is 1.40. The van der Waals surface area contributed by atoms with Gasteiger partial charge in [0, 0.05) is 17.1 Å².